The number of hydrogen-bond donors (Lipinski definition) is 1. The van der Waals surface area contributed by atoms with Crippen LogP contribution in [0.5, 0.6) is 0 Å². The number of nitrogens with one attached hydrogen (secondary N) is 1. The van der Waals surface area contributed by atoms with Crippen LogP contribution in [0.15, 0.2) is 29.4 Å². The van der Waals surface area contributed by atoms with Gasteiger partial charge in [0.15, 0.2) is 0 Å². The van der Waals surface area contributed by atoms with Crippen molar-refractivity contribution in [3.05, 3.63) is 24.5 Å². The molecule has 0 amide bonds. The van der Waals surface area contributed by atoms with E-state index in [-0.39, 0.29) is 0 Å². The summed E-state index contributed by atoms with van der Waals surface area (Å²) in [5.41, 5.74) is 0. The Morgan fingerprint density at radius 3 is 2.81 bits per heavy atom. The molecule has 88 valence electrons. The summed E-state index contributed by atoms with van der Waals surface area (Å²) in [5.74, 6) is 1.11. The van der Waals surface area contributed by atoms with Crippen molar-refractivity contribution in [2.75, 3.05) is 25.5 Å². The molecular weight excluding hydrogens is 220 g/mol. The van der Waals surface area contributed by atoms with E-state index in [4.69, 9.17) is 4.74 Å². The summed E-state index contributed by atoms with van der Waals surface area (Å²) in [4.78, 5) is 5.30. The van der Waals surface area contributed by atoms with E-state index in [2.05, 4.69) is 22.4 Å². The van der Waals surface area contributed by atoms with Gasteiger partial charge in [-0.15, -0.1) is 11.8 Å². The highest BCUT2D eigenvalue weighted by molar-refractivity contribution is 7.99. The molecule has 0 aliphatic carbocycles. The van der Waals surface area contributed by atoms with Gasteiger partial charge in [-0.1, -0.05) is 0 Å². The lowest BCUT2D eigenvalue weighted by Crippen LogP contribution is -2.35. The first kappa shape index (κ1) is 11.9. The lowest BCUT2D eigenvalue weighted by molar-refractivity contribution is 0.0786. The maximum Gasteiger partial charge on any atom is 0.0480 e. The Labute approximate surface area is 101 Å². The van der Waals surface area contributed by atoms with Crippen LogP contribution in [0.1, 0.15) is 12.8 Å². The standard InChI is InChI=1S/C12H18N2OS/c1-5-13-6-2-12(1)16-10-7-14-11-3-8-15-9-4-11/h1-2,5-6,11,14H,3-4,7-10H2. The van der Waals surface area contributed by atoms with E-state index in [1.54, 1.807) is 0 Å². The Morgan fingerprint density at radius 2 is 2.06 bits per heavy atom. The highest BCUT2D eigenvalue weighted by atomic mass is 32.2. The van der Waals surface area contributed by atoms with E-state index in [0.29, 0.717) is 6.04 Å². The Kier molecular flexibility index (Phi) is 5.12. The zero-order chi connectivity index (χ0) is 11.1. The van der Waals surface area contributed by atoms with Gasteiger partial charge in [0.05, 0.1) is 0 Å². The van der Waals surface area contributed by atoms with Gasteiger partial charge in [0.1, 0.15) is 0 Å². The Hall–Kier alpha value is -0.580. The second-order valence-electron chi connectivity index (χ2n) is 3.87. The molecule has 0 atom stereocenters. The topological polar surface area (TPSA) is 34.1 Å². The lowest BCUT2D eigenvalue weighted by Gasteiger charge is -2.23. The molecule has 1 aromatic rings. The molecule has 16 heavy (non-hydrogen) atoms. The van der Waals surface area contributed by atoms with Crippen LogP contribution in [0.4, 0.5) is 0 Å². The van der Waals surface area contributed by atoms with Crippen molar-refractivity contribution < 1.29 is 4.74 Å². The molecule has 0 aromatic carbocycles. The molecule has 2 heterocycles. The summed E-state index contributed by atoms with van der Waals surface area (Å²) in [6.07, 6.45) is 5.99. The zero-order valence-electron chi connectivity index (χ0n) is 9.39. The van der Waals surface area contributed by atoms with Gasteiger partial charge in [0.25, 0.3) is 0 Å². The van der Waals surface area contributed by atoms with E-state index in [1.807, 2.05) is 24.2 Å². The van der Waals surface area contributed by atoms with Crippen molar-refractivity contribution in [2.24, 2.45) is 0 Å². The highest BCUT2D eigenvalue weighted by Crippen LogP contribution is 2.15. The summed E-state index contributed by atoms with van der Waals surface area (Å²) in [6.45, 7) is 2.89. The van der Waals surface area contributed by atoms with Crippen LogP contribution in [0.2, 0.25) is 0 Å². The molecule has 2 rings (SSSR count). The summed E-state index contributed by atoms with van der Waals surface area (Å²) >= 11 is 1.88. The third kappa shape index (κ3) is 4.12. The number of aromatic nitrogens is 1. The van der Waals surface area contributed by atoms with E-state index in [9.17, 15) is 0 Å². The summed E-state index contributed by atoms with van der Waals surface area (Å²) < 4.78 is 5.32. The minimum atomic E-state index is 0.659. The maximum atomic E-state index is 5.32. The van der Waals surface area contributed by atoms with Gasteiger partial charge in [-0.05, 0) is 25.0 Å². The predicted molar refractivity (Wildman–Crippen MR) is 66.8 cm³/mol. The van der Waals surface area contributed by atoms with E-state index < -0.39 is 0 Å². The van der Waals surface area contributed by atoms with E-state index in [0.717, 1.165) is 38.4 Å². The Balaban J connectivity index is 1.58. The molecule has 0 spiro atoms. The molecule has 1 N–H and O–H groups in total. The number of pyridine rings is 1. The van der Waals surface area contributed by atoms with Gasteiger partial charge in [-0.25, -0.2) is 0 Å². The molecule has 0 radical (unpaired) electrons. The van der Waals surface area contributed by atoms with Crippen LogP contribution in [-0.2, 0) is 4.74 Å². The molecule has 1 fully saturated rings. The first-order valence-electron chi connectivity index (χ1n) is 5.79. The van der Waals surface area contributed by atoms with Crippen LogP contribution in [0.25, 0.3) is 0 Å². The fourth-order valence-corrected chi connectivity index (χ4v) is 2.54. The largest absolute Gasteiger partial charge is 0.381 e. The molecule has 4 heteroatoms. The van der Waals surface area contributed by atoms with Crippen LogP contribution in [0, 0.1) is 0 Å². The SMILES string of the molecule is c1cc(SCCNC2CCOCC2)ccn1. The second-order valence-corrected chi connectivity index (χ2v) is 5.04. The molecule has 1 aliphatic heterocycles. The van der Waals surface area contributed by atoms with Gasteiger partial charge >= 0.3 is 0 Å². The maximum absolute atomic E-state index is 5.32. The highest BCUT2D eigenvalue weighted by Gasteiger charge is 2.11. The Morgan fingerprint density at radius 1 is 1.31 bits per heavy atom. The van der Waals surface area contributed by atoms with Gasteiger partial charge in [0, 0.05) is 48.8 Å². The van der Waals surface area contributed by atoms with Gasteiger partial charge in [0.2, 0.25) is 0 Å². The molecule has 0 unspecified atom stereocenters. The number of nitrogens with zero attached hydrogens (tertiary/aromatic N) is 1. The fourth-order valence-electron chi connectivity index (χ4n) is 1.77. The minimum absolute atomic E-state index is 0.659. The quantitative estimate of drug-likeness (QED) is 0.628. The summed E-state index contributed by atoms with van der Waals surface area (Å²) in [6, 6.07) is 4.77. The fraction of sp³-hybridized carbons (Fsp3) is 0.583. The van der Waals surface area contributed by atoms with Gasteiger partial charge in [-0.3, -0.25) is 4.98 Å². The van der Waals surface area contributed by atoms with E-state index in [1.165, 1.54) is 4.90 Å². The first-order chi connectivity index (χ1) is 7.95. The second kappa shape index (κ2) is 6.89. The number of hydrogen-bond acceptors (Lipinski definition) is 4. The van der Waals surface area contributed by atoms with Crippen molar-refractivity contribution in [1.82, 2.24) is 10.3 Å². The van der Waals surface area contributed by atoms with Crippen molar-refractivity contribution in [2.45, 2.75) is 23.8 Å². The van der Waals surface area contributed by atoms with Gasteiger partial charge < -0.3 is 10.1 Å². The molecular formula is C12H18N2OS. The van der Waals surface area contributed by atoms with Crippen LogP contribution >= 0.6 is 11.8 Å². The van der Waals surface area contributed by atoms with Crippen molar-refractivity contribution in [1.29, 1.82) is 0 Å². The van der Waals surface area contributed by atoms with Crippen molar-refractivity contribution >= 4 is 11.8 Å². The number of ether oxygens (including phenoxy) is 1. The zero-order valence-corrected chi connectivity index (χ0v) is 10.2. The molecule has 1 aromatic heterocycles. The van der Waals surface area contributed by atoms with Crippen molar-refractivity contribution in [3.8, 4) is 0 Å². The average molecular weight is 238 g/mol. The number of rotatable bonds is 5. The third-order valence-corrected chi connectivity index (χ3v) is 3.69. The van der Waals surface area contributed by atoms with Gasteiger partial charge in [-0.2, -0.15) is 0 Å². The predicted octanol–water partition coefficient (Wildman–Crippen LogP) is 1.94. The first-order valence-corrected chi connectivity index (χ1v) is 6.77. The molecule has 0 bridgehead atoms. The molecule has 0 saturated carbocycles. The van der Waals surface area contributed by atoms with Crippen LogP contribution < -0.4 is 5.32 Å². The lowest BCUT2D eigenvalue weighted by atomic mass is 10.1. The van der Waals surface area contributed by atoms with Crippen LogP contribution in [0.3, 0.4) is 0 Å². The average Bonchev–Trinajstić information content (AvgIpc) is 2.37. The normalized spacial score (nSPS) is 17.5. The smallest absolute Gasteiger partial charge is 0.0480 e. The molecule has 1 saturated heterocycles. The van der Waals surface area contributed by atoms with Crippen LogP contribution in [-0.4, -0.2) is 36.5 Å². The summed E-state index contributed by atoms with van der Waals surface area (Å²) in [5, 5.41) is 3.58. The molecule has 3 nitrogen and oxygen atoms in total. The van der Waals surface area contributed by atoms with E-state index >= 15 is 0 Å². The monoisotopic (exact) mass is 238 g/mol. The summed E-state index contributed by atoms with van der Waals surface area (Å²) in [7, 11) is 0. The van der Waals surface area contributed by atoms with Crippen molar-refractivity contribution in [3.63, 3.8) is 0 Å². The minimum Gasteiger partial charge on any atom is -0.381 e. The molecule has 1 aliphatic rings. The third-order valence-electron chi connectivity index (χ3n) is 2.67. The Bertz CT molecular complexity index is 288. The number of thioether (sulfide) groups is 1.